The minimum atomic E-state index is -2.90. The third kappa shape index (κ3) is 4.14. The second-order valence-electron chi connectivity index (χ2n) is 4.35. The number of halogens is 3. The van der Waals surface area contributed by atoms with E-state index in [0.717, 1.165) is 10.9 Å². The van der Waals surface area contributed by atoms with Crippen molar-refractivity contribution in [2.24, 2.45) is 0 Å². The van der Waals surface area contributed by atoms with Gasteiger partial charge in [0.05, 0.1) is 0 Å². The average Bonchev–Trinajstić information content (AvgIpc) is 2.92. The molecule has 1 atom stereocenters. The first-order chi connectivity index (χ1) is 9.56. The Hall–Kier alpha value is -1.21. The minimum Gasteiger partial charge on any atom is -0.434 e. The zero-order valence-electron chi connectivity index (χ0n) is 10.6. The molecule has 0 aliphatic carbocycles. The number of rotatable bonds is 5. The van der Waals surface area contributed by atoms with E-state index < -0.39 is 12.7 Å². The molecule has 4 nitrogen and oxygen atoms in total. The fourth-order valence-electron chi connectivity index (χ4n) is 1.98. The average molecular weight is 350 g/mol. The van der Waals surface area contributed by atoms with Crippen molar-refractivity contribution in [1.82, 2.24) is 5.32 Å². The molecule has 1 N–H and O–H groups in total. The minimum absolute atomic E-state index is 0.0517. The van der Waals surface area contributed by atoms with Gasteiger partial charge in [-0.25, -0.2) is 0 Å². The zero-order chi connectivity index (χ0) is 14.5. The molecule has 1 aliphatic heterocycles. The number of carbonyl (C=O) groups is 1. The Balaban J connectivity index is 2.00. The second kappa shape index (κ2) is 6.99. The van der Waals surface area contributed by atoms with E-state index in [1.165, 1.54) is 6.07 Å². The van der Waals surface area contributed by atoms with Crippen LogP contribution in [0.3, 0.4) is 0 Å². The number of nitrogens with one attached hydrogen (secondary N) is 1. The van der Waals surface area contributed by atoms with Crippen molar-refractivity contribution in [1.29, 1.82) is 0 Å². The van der Waals surface area contributed by atoms with Crippen LogP contribution in [0.4, 0.5) is 8.78 Å². The number of alkyl halides is 2. The topological polar surface area (TPSA) is 47.6 Å². The van der Waals surface area contributed by atoms with Gasteiger partial charge in [-0.05, 0) is 31.0 Å². The Labute approximate surface area is 123 Å². The molecule has 1 aliphatic rings. The molecule has 110 valence electrons. The van der Waals surface area contributed by atoms with E-state index in [-0.39, 0.29) is 18.2 Å². The molecule has 20 heavy (non-hydrogen) atoms. The maximum absolute atomic E-state index is 12.3. The predicted molar refractivity (Wildman–Crippen MR) is 71.6 cm³/mol. The normalized spacial score (nSPS) is 18.3. The lowest BCUT2D eigenvalue weighted by Gasteiger charge is -2.14. The summed E-state index contributed by atoms with van der Waals surface area (Å²) in [5.41, 5.74) is 0.478. The lowest BCUT2D eigenvalue weighted by molar-refractivity contribution is -0.130. The van der Waals surface area contributed by atoms with Gasteiger partial charge in [-0.1, -0.05) is 15.9 Å². The Morgan fingerprint density at radius 1 is 1.55 bits per heavy atom. The van der Waals surface area contributed by atoms with Crippen LogP contribution in [0, 0.1) is 0 Å². The Morgan fingerprint density at radius 2 is 2.35 bits per heavy atom. The molecule has 2 rings (SSSR count). The second-order valence-corrected chi connectivity index (χ2v) is 5.27. The summed E-state index contributed by atoms with van der Waals surface area (Å²) in [6.07, 6.45) is 1.10. The highest BCUT2D eigenvalue weighted by atomic mass is 79.9. The summed E-state index contributed by atoms with van der Waals surface area (Å²) in [7, 11) is 0. The smallest absolute Gasteiger partial charge is 0.387 e. The fraction of sp³-hybridized carbons (Fsp3) is 0.462. The molecule has 0 bridgehead atoms. The van der Waals surface area contributed by atoms with Gasteiger partial charge < -0.3 is 14.8 Å². The summed E-state index contributed by atoms with van der Waals surface area (Å²) in [6.45, 7) is -2.21. The van der Waals surface area contributed by atoms with E-state index in [1.807, 2.05) is 0 Å². The maximum atomic E-state index is 12.3. The van der Waals surface area contributed by atoms with E-state index in [4.69, 9.17) is 4.74 Å². The van der Waals surface area contributed by atoms with Crippen molar-refractivity contribution in [3.63, 3.8) is 0 Å². The van der Waals surface area contributed by atoms with Crippen molar-refractivity contribution in [3.05, 3.63) is 28.2 Å². The quantitative estimate of drug-likeness (QED) is 0.889. The van der Waals surface area contributed by atoms with Gasteiger partial charge in [0.1, 0.15) is 11.9 Å². The highest BCUT2D eigenvalue weighted by Crippen LogP contribution is 2.25. The van der Waals surface area contributed by atoms with Crippen LogP contribution < -0.4 is 10.1 Å². The Bertz CT molecular complexity index is 479. The highest BCUT2D eigenvalue weighted by molar-refractivity contribution is 9.10. The van der Waals surface area contributed by atoms with Crippen molar-refractivity contribution in [2.45, 2.75) is 32.1 Å². The highest BCUT2D eigenvalue weighted by Gasteiger charge is 2.23. The van der Waals surface area contributed by atoms with Gasteiger partial charge in [-0.15, -0.1) is 0 Å². The summed E-state index contributed by atoms with van der Waals surface area (Å²) >= 11 is 3.26. The van der Waals surface area contributed by atoms with Crippen LogP contribution in [0.15, 0.2) is 22.7 Å². The zero-order valence-corrected chi connectivity index (χ0v) is 12.2. The van der Waals surface area contributed by atoms with E-state index in [1.54, 1.807) is 12.1 Å². The molecule has 1 heterocycles. The molecular formula is C13H14BrF2NO3. The molecule has 0 unspecified atom stereocenters. The van der Waals surface area contributed by atoms with Crippen LogP contribution in [-0.2, 0) is 16.1 Å². The van der Waals surface area contributed by atoms with E-state index in [2.05, 4.69) is 26.0 Å². The van der Waals surface area contributed by atoms with Gasteiger partial charge in [-0.2, -0.15) is 8.78 Å². The molecule has 0 spiro atoms. The monoisotopic (exact) mass is 349 g/mol. The molecule has 0 aromatic heterocycles. The SMILES string of the molecule is O=C(NCc1cc(Br)ccc1OC(F)F)[C@H]1CCCO1. The fourth-order valence-corrected chi connectivity index (χ4v) is 2.39. The summed E-state index contributed by atoms with van der Waals surface area (Å²) in [6, 6.07) is 4.67. The van der Waals surface area contributed by atoms with Crippen molar-refractivity contribution in [2.75, 3.05) is 6.61 Å². The first-order valence-corrected chi connectivity index (χ1v) is 6.98. The summed E-state index contributed by atoms with van der Waals surface area (Å²) in [5.74, 6) is -0.179. The van der Waals surface area contributed by atoms with Crippen molar-refractivity contribution < 1.29 is 23.0 Å². The van der Waals surface area contributed by atoms with Crippen molar-refractivity contribution >= 4 is 21.8 Å². The van der Waals surface area contributed by atoms with Gasteiger partial charge in [0, 0.05) is 23.2 Å². The molecular weight excluding hydrogens is 336 g/mol. The van der Waals surface area contributed by atoms with E-state index in [9.17, 15) is 13.6 Å². The number of carbonyl (C=O) groups excluding carboxylic acids is 1. The van der Waals surface area contributed by atoms with Gasteiger partial charge in [0.25, 0.3) is 0 Å². The number of ether oxygens (including phenoxy) is 2. The third-order valence-corrected chi connectivity index (χ3v) is 3.41. The molecule has 1 aromatic rings. The summed E-state index contributed by atoms with van der Waals surface area (Å²) < 4.78 is 35.0. The molecule has 0 radical (unpaired) electrons. The molecule has 1 amide bonds. The Kier molecular flexibility index (Phi) is 5.31. The first-order valence-electron chi connectivity index (χ1n) is 6.19. The van der Waals surface area contributed by atoms with E-state index in [0.29, 0.717) is 18.6 Å². The summed E-state index contributed by atoms with van der Waals surface area (Å²) in [4.78, 5) is 11.8. The van der Waals surface area contributed by atoms with Crippen LogP contribution in [0.5, 0.6) is 5.75 Å². The van der Waals surface area contributed by atoms with Gasteiger partial charge in [0.2, 0.25) is 5.91 Å². The lowest BCUT2D eigenvalue weighted by Crippen LogP contribution is -2.33. The summed E-state index contributed by atoms with van der Waals surface area (Å²) in [5, 5.41) is 2.67. The standard InChI is InChI=1S/C13H14BrF2NO3/c14-9-3-4-10(20-13(15)16)8(6-9)7-17-12(18)11-2-1-5-19-11/h3-4,6,11,13H,1-2,5,7H2,(H,17,18)/t11-/m1/s1. The van der Waals surface area contributed by atoms with E-state index >= 15 is 0 Å². The van der Waals surface area contributed by atoms with Crippen LogP contribution in [-0.4, -0.2) is 25.2 Å². The third-order valence-electron chi connectivity index (χ3n) is 2.91. The molecule has 7 heteroatoms. The van der Waals surface area contributed by atoms with Gasteiger partial charge in [0.15, 0.2) is 0 Å². The van der Waals surface area contributed by atoms with Crippen LogP contribution >= 0.6 is 15.9 Å². The number of hydrogen-bond acceptors (Lipinski definition) is 3. The van der Waals surface area contributed by atoms with Crippen LogP contribution in [0.2, 0.25) is 0 Å². The van der Waals surface area contributed by atoms with Crippen LogP contribution in [0.1, 0.15) is 18.4 Å². The number of benzene rings is 1. The largest absolute Gasteiger partial charge is 0.434 e. The molecule has 0 saturated carbocycles. The maximum Gasteiger partial charge on any atom is 0.387 e. The predicted octanol–water partition coefficient (Wildman–Crippen LogP) is 2.85. The lowest BCUT2D eigenvalue weighted by atomic mass is 10.2. The van der Waals surface area contributed by atoms with Gasteiger partial charge in [-0.3, -0.25) is 4.79 Å². The molecule has 1 aromatic carbocycles. The molecule has 1 saturated heterocycles. The number of hydrogen-bond donors (Lipinski definition) is 1. The van der Waals surface area contributed by atoms with Crippen LogP contribution in [0.25, 0.3) is 0 Å². The Morgan fingerprint density at radius 3 is 3.00 bits per heavy atom. The van der Waals surface area contributed by atoms with Crippen molar-refractivity contribution in [3.8, 4) is 5.75 Å². The van der Waals surface area contributed by atoms with Gasteiger partial charge >= 0.3 is 6.61 Å². The first kappa shape index (κ1) is 15.2. The number of amides is 1. The molecule has 1 fully saturated rings.